The molecule has 0 amide bonds. The number of rotatable bonds is 4. The van der Waals surface area contributed by atoms with E-state index in [0.717, 1.165) is 24.6 Å². The van der Waals surface area contributed by atoms with Crippen molar-refractivity contribution in [3.8, 4) is 6.07 Å². The minimum atomic E-state index is -4.48. The number of likely N-dealkylation sites (tertiary alicyclic amines) is 1. The van der Waals surface area contributed by atoms with Crippen LogP contribution in [-0.2, 0) is 6.18 Å². The Labute approximate surface area is 161 Å². The first-order valence-corrected chi connectivity index (χ1v) is 8.94. The first kappa shape index (κ1) is 19.8. The zero-order valence-electron chi connectivity index (χ0n) is 15.2. The second-order valence-corrected chi connectivity index (χ2v) is 6.67. The van der Waals surface area contributed by atoms with Crippen molar-refractivity contribution in [2.45, 2.75) is 24.9 Å². The number of piperidine rings is 1. The number of nitrogens with two attached hydrogens (primary N) is 1. The van der Waals surface area contributed by atoms with E-state index in [1.54, 1.807) is 18.3 Å². The van der Waals surface area contributed by atoms with Crippen molar-refractivity contribution >= 4 is 5.84 Å². The number of pyridine rings is 1. The van der Waals surface area contributed by atoms with Crippen LogP contribution in [0.2, 0.25) is 0 Å². The standard InChI is InChI=1S/C20H20F3N5/c21-20(22,23)17-6-2-1-5-16(17)19(25)27-13-28-10-7-14(8-11-28)18-15(12-24)4-3-9-26-18/h1-6,9,14H,7-8,10-11,13H2,(H2,25,27). The molecule has 5 nitrogen and oxygen atoms in total. The van der Waals surface area contributed by atoms with Crippen molar-refractivity contribution in [1.82, 2.24) is 9.88 Å². The Hall–Kier alpha value is -2.92. The third-order valence-electron chi connectivity index (χ3n) is 4.88. The molecule has 146 valence electrons. The van der Waals surface area contributed by atoms with E-state index in [0.29, 0.717) is 18.7 Å². The van der Waals surface area contributed by atoms with Gasteiger partial charge in [-0.3, -0.25) is 14.9 Å². The Morgan fingerprint density at radius 3 is 2.61 bits per heavy atom. The molecular weight excluding hydrogens is 367 g/mol. The molecule has 0 radical (unpaired) electrons. The lowest BCUT2D eigenvalue weighted by atomic mass is 9.91. The molecule has 0 unspecified atom stereocenters. The van der Waals surface area contributed by atoms with Crippen molar-refractivity contribution < 1.29 is 13.2 Å². The molecule has 1 aromatic carbocycles. The summed E-state index contributed by atoms with van der Waals surface area (Å²) in [6.07, 6.45) is -1.18. The average Bonchev–Trinajstić information content (AvgIpc) is 2.71. The van der Waals surface area contributed by atoms with Gasteiger partial charge in [0.15, 0.2) is 0 Å². The lowest BCUT2D eigenvalue weighted by Crippen LogP contribution is -2.34. The molecule has 2 heterocycles. The van der Waals surface area contributed by atoms with Crippen molar-refractivity contribution in [2.75, 3.05) is 19.8 Å². The first-order valence-electron chi connectivity index (χ1n) is 8.94. The molecule has 1 aliphatic heterocycles. The number of benzene rings is 1. The monoisotopic (exact) mass is 387 g/mol. The number of hydrogen-bond acceptors (Lipinski definition) is 4. The number of hydrogen-bond donors (Lipinski definition) is 1. The smallest absolute Gasteiger partial charge is 0.383 e. The Balaban J connectivity index is 1.64. The Morgan fingerprint density at radius 2 is 1.93 bits per heavy atom. The SMILES string of the molecule is N#Cc1cccnc1C1CCN(CN=C(N)c2ccccc2C(F)(F)F)CC1. The highest BCUT2D eigenvalue weighted by Gasteiger charge is 2.33. The second-order valence-electron chi connectivity index (χ2n) is 6.67. The molecule has 28 heavy (non-hydrogen) atoms. The minimum Gasteiger partial charge on any atom is -0.383 e. The highest BCUT2D eigenvalue weighted by atomic mass is 19.4. The van der Waals surface area contributed by atoms with Gasteiger partial charge >= 0.3 is 6.18 Å². The molecular formula is C20H20F3N5. The Morgan fingerprint density at radius 1 is 1.21 bits per heavy atom. The summed E-state index contributed by atoms with van der Waals surface area (Å²) in [5.74, 6) is 0.0749. The van der Waals surface area contributed by atoms with Gasteiger partial charge in [-0.25, -0.2) is 0 Å². The minimum absolute atomic E-state index is 0.1000. The van der Waals surface area contributed by atoms with E-state index >= 15 is 0 Å². The maximum Gasteiger partial charge on any atom is 0.417 e. The van der Waals surface area contributed by atoms with Gasteiger partial charge in [-0.1, -0.05) is 18.2 Å². The number of nitriles is 1. The van der Waals surface area contributed by atoms with Crippen LogP contribution in [0.1, 0.15) is 41.1 Å². The van der Waals surface area contributed by atoms with Crippen LogP contribution in [0.4, 0.5) is 13.2 Å². The van der Waals surface area contributed by atoms with Gasteiger partial charge in [-0.15, -0.1) is 0 Å². The third kappa shape index (κ3) is 4.49. The van der Waals surface area contributed by atoms with Crippen LogP contribution in [0.25, 0.3) is 0 Å². The number of amidine groups is 1. The molecule has 0 spiro atoms. The summed E-state index contributed by atoms with van der Waals surface area (Å²) in [5.41, 5.74) is 6.36. The summed E-state index contributed by atoms with van der Waals surface area (Å²) in [4.78, 5) is 10.6. The fraction of sp³-hybridized carbons (Fsp3) is 0.350. The molecule has 2 aromatic rings. The van der Waals surface area contributed by atoms with E-state index in [2.05, 4.69) is 16.0 Å². The van der Waals surface area contributed by atoms with Crippen LogP contribution in [0.5, 0.6) is 0 Å². The van der Waals surface area contributed by atoms with Gasteiger partial charge in [0.2, 0.25) is 0 Å². The third-order valence-corrected chi connectivity index (χ3v) is 4.88. The van der Waals surface area contributed by atoms with Gasteiger partial charge in [-0.05, 0) is 31.0 Å². The maximum atomic E-state index is 13.1. The highest BCUT2D eigenvalue weighted by Crippen LogP contribution is 2.32. The van der Waals surface area contributed by atoms with Crippen molar-refractivity contribution in [3.05, 3.63) is 65.0 Å². The Kier molecular flexibility index (Phi) is 5.95. The van der Waals surface area contributed by atoms with Crippen molar-refractivity contribution in [2.24, 2.45) is 10.7 Å². The molecule has 1 fully saturated rings. The Bertz CT molecular complexity index is 893. The van der Waals surface area contributed by atoms with Gasteiger partial charge in [0.05, 0.1) is 23.5 Å². The molecule has 0 bridgehead atoms. The van der Waals surface area contributed by atoms with Gasteiger partial charge in [0.1, 0.15) is 11.9 Å². The summed E-state index contributed by atoms with van der Waals surface area (Å²) in [5, 5.41) is 9.22. The van der Waals surface area contributed by atoms with E-state index in [4.69, 9.17) is 5.73 Å². The summed E-state index contributed by atoms with van der Waals surface area (Å²) < 4.78 is 39.4. The van der Waals surface area contributed by atoms with Gasteiger partial charge in [0, 0.05) is 30.8 Å². The summed E-state index contributed by atoms with van der Waals surface area (Å²) in [6, 6.07) is 10.9. The van der Waals surface area contributed by atoms with Crippen LogP contribution < -0.4 is 5.73 Å². The quantitative estimate of drug-likeness (QED) is 0.643. The molecule has 0 aliphatic carbocycles. The molecule has 1 saturated heterocycles. The number of nitrogens with zero attached hydrogens (tertiary/aromatic N) is 4. The van der Waals surface area contributed by atoms with E-state index in [1.807, 2.05) is 4.90 Å². The lowest BCUT2D eigenvalue weighted by Gasteiger charge is -2.30. The average molecular weight is 387 g/mol. The van der Waals surface area contributed by atoms with Gasteiger partial charge in [-0.2, -0.15) is 18.4 Å². The predicted octanol–water partition coefficient (Wildman–Crippen LogP) is 3.51. The van der Waals surface area contributed by atoms with Crippen LogP contribution in [0.3, 0.4) is 0 Å². The van der Waals surface area contributed by atoms with E-state index < -0.39 is 11.7 Å². The van der Waals surface area contributed by atoms with E-state index in [1.165, 1.54) is 18.2 Å². The van der Waals surface area contributed by atoms with Crippen LogP contribution in [-0.4, -0.2) is 35.5 Å². The van der Waals surface area contributed by atoms with Crippen LogP contribution in [0, 0.1) is 11.3 Å². The van der Waals surface area contributed by atoms with E-state index in [-0.39, 0.29) is 24.0 Å². The zero-order chi connectivity index (χ0) is 20.1. The number of alkyl halides is 3. The largest absolute Gasteiger partial charge is 0.417 e. The molecule has 3 rings (SSSR count). The molecule has 0 saturated carbocycles. The molecule has 1 aromatic heterocycles. The maximum absolute atomic E-state index is 13.1. The molecule has 0 atom stereocenters. The zero-order valence-corrected chi connectivity index (χ0v) is 15.2. The van der Waals surface area contributed by atoms with Gasteiger partial charge in [0.25, 0.3) is 0 Å². The molecule has 1 aliphatic rings. The fourth-order valence-corrected chi connectivity index (χ4v) is 3.40. The number of aromatic nitrogens is 1. The molecule has 8 heteroatoms. The normalized spacial score (nSPS) is 16.7. The van der Waals surface area contributed by atoms with Crippen molar-refractivity contribution in [1.29, 1.82) is 5.26 Å². The van der Waals surface area contributed by atoms with Crippen molar-refractivity contribution in [3.63, 3.8) is 0 Å². The number of aliphatic imine (C=N–C) groups is 1. The molecule has 2 N–H and O–H groups in total. The summed E-state index contributed by atoms with van der Waals surface area (Å²) in [6.45, 7) is 1.66. The predicted molar refractivity (Wildman–Crippen MR) is 99.5 cm³/mol. The topological polar surface area (TPSA) is 78.3 Å². The van der Waals surface area contributed by atoms with E-state index in [9.17, 15) is 18.4 Å². The summed E-state index contributed by atoms with van der Waals surface area (Å²) in [7, 11) is 0. The fourth-order valence-electron chi connectivity index (χ4n) is 3.40. The summed E-state index contributed by atoms with van der Waals surface area (Å²) >= 11 is 0. The highest BCUT2D eigenvalue weighted by molar-refractivity contribution is 5.99. The number of halogens is 3. The lowest BCUT2D eigenvalue weighted by molar-refractivity contribution is -0.137. The van der Waals surface area contributed by atoms with Gasteiger partial charge < -0.3 is 5.73 Å². The van der Waals surface area contributed by atoms with Crippen LogP contribution in [0.15, 0.2) is 47.6 Å². The first-order chi connectivity index (χ1) is 13.4. The van der Waals surface area contributed by atoms with Crippen LogP contribution >= 0.6 is 0 Å². The second kappa shape index (κ2) is 8.40.